The van der Waals surface area contributed by atoms with Crippen LogP contribution in [0, 0.1) is 0 Å². The maximum atomic E-state index is 8.19. The van der Waals surface area contributed by atoms with Crippen LogP contribution in [0.15, 0.2) is 47.3 Å². The van der Waals surface area contributed by atoms with Gasteiger partial charge in [-0.25, -0.2) is 0 Å². The third-order valence-corrected chi connectivity index (χ3v) is 14.2. The third kappa shape index (κ3) is 5.91. The van der Waals surface area contributed by atoms with E-state index in [4.69, 9.17) is 23.2 Å². The second kappa shape index (κ2) is 12.9. The summed E-state index contributed by atoms with van der Waals surface area (Å²) in [6.07, 6.45) is 18.3. The van der Waals surface area contributed by atoms with Gasteiger partial charge in [-0.3, -0.25) is 0 Å². The molecule has 1 saturated heterocycles. The number of halogens is 2. The second-order valence-corrected chi connectivity index (χ2v) is 15.8. The van der Waals surface area contributed by atoms with Crippen molar-refractivity contribution in [1.82, 2.24) is 9.80 Å². The fourth-order valence-electron chi connectivity index (χ4n) is 7.21. The molecule has 4 fully saturated rings. The minimum Gasteiger partial charge on any atom is -0.359 e. The molecule has 0 spiro atoms. The molecule has 1 heterocycles. The molecule has 2 atom stereocenters. The average Bonchev–Trinajstić information content (AvgIpc) is 3.21. The van der Waals surface area contributed by atoms with Gasteiger partial charge in [0, 0.05) is 52.2 Å². The second-order valence-electron chi connectivity index (χ2n) is 11.3. The molecule has 3 saturated carbocycles. The van der Waals surface area contributed by atoms with Gasteiger partial charge in [-0.05, 0) is 67.1 Å². The maximum absolute atomic E-state index is 8.19. The molecule has 5 rings (SSSR count). The summed E-state index contributed by atoms with van der Waals surface area (Å²) in [5.74, 6) is 1.30. The summed E-state index contributed by atoms with van der Waals surface area (Å²) in [5.41, 5.74) is 5.53. The summed E-state index contributed by atoms with van der Waals surface area (Å²) in [5, 5.41) is 0.0180. The van der Waals surface area contributed by atoms with Gasteiger partial charge in [0.25, 0.3) is 0 Å². The number of benzene rings is 1. The van der Waals surface area contributed by atoms with Gasteiger partial charge in [-0.1, -0.05) is 76.8 Å². The zero-order chi connectivity index (χ0) is 24.4. The molecule has 200 valence electrons. The number of allylic oxidation sites excluding steroid dienone is 2. The summed E-state index contributed by atoms with van der Waals surface area (Å²) >= 11 is 15.4. The Hall–Kier alpha value is -0.0666. The quantitative estimate of drug-likeness (QED) is 0.186. The Balaban J connectivity index is 0.00000304. The molecular weight excluding hydrogens is 591 g/mol. The summed E-state index contributed by atoms with van der Waals surface area (Å²) in [7, 11) is 4.10. The van der Waals surface area contributed by atoms with Crippen LogP contribution >= 0.6 is 31.1 Å². The minimum atomic E-state index is -0.354. The Morgan fingerprint density at radius 2 is 1.36 bits per heavy atom. The average molecular weight is 635 g/mol. The van der Waals surface area contributed by atoms with Gasteiger partial charge < -0.3 is 9.80 Å². The number of rotatable bonds is 4. The van der Waals surface area contributed by atoms with Crippen molar-refractivity contribution < 1.29 is 19.5 Å². The Kier molecular flexibility index (Phi) is 10.3. The van der Waals surface area contributed by atoms with Crippen LogP contribution in [-0.4, -0.2) is 58.3 Å². The molecule has 0 radical (unpaired) electrons. The van der Waals surface area contributed by atoms with Gasteiger partial charge in [0.2, 0.25) is 0 Å². The normalized spacial score (nSPS) is 29.8. The molecule has 1 aromatic rings. The number of likely N-dealkylation sites (N-methyl/N-ethyl adjacent to an activating group) is 2. The number of hydrogen-bond acceptors (Lipinski definition) is 2. The van der Waals surface area contributed by atoms with Gasteiger partial charge in [0.1, 0.15) is 5.82 Å². The van der Waals surface area contributed by atoms with E-state index in [2.05, 4.69) is 60.3 Å². The largest absolute Gasteiger partial charge is 0.359 e. The van der Waals surface area contributed by atoms with E-state index >= 15 is 0 Å². The molecule has 1 aromatic carbocycles. The molecule has 0 amide bonds. The number of nitrogens with zero attached hydrogens (tertiary/aromatic N) is 2. The molecule has 0 aromatic heterocycles. The molecule has 0 bridgehead atoms. The van der Waals surface area contributed by atoms with E-state index in [-0.39, 0.29) is 37.4 Å². The van der Waals surface area contributed by atoms with Crippen LogP contribution in [0.2, 0.25) is 0 Å². The van der Waals surface area contributed by atoms with E-state index in [0.717, 1.165) is 37.2 Å². The monoisotopic (exact) mass is 634 g/mol. The Morgan fingerprint density at radius 3 is 1.89 bits per heavy atom. The molecule has 2 unspecified atom stereocenters. The Morgan fingerprint density at radius 1 is 0.833 bits per heavy atom. The zero-order valence-electron chi connectivity index (χ0n) is 22.0. The van der Waals surface area contributed by atoms with Crippen molar-refractivity contribution in [3.05, 3.63) is 52.9 Å². The Labute approximate surface area is 243 Å². The molecule has 4 aliphatic rings. The molecule has 36 heavy (non-hydrogen) atoms. The van der Waals surface area contributed by atoms with Gasteiger partial charge in [-0.15, -0.1) is 23.2 Å². The van der Waals surface area contributed by atoms with Crippen molar-refractivity contribution in [3.63, 3.8) is 0 Å². The first-order valence-corrected chi connectivity index (χ1v) is 16.3. The number of alkyl halides is 2. The fraction of sp³-hybridized carbons (Fsp3) is 0.667. The molecule has 3 aliphatic carbocycles. The predicted octanol–water partition coefficient (Wildman–Crippen LogP) is 8.64. The first-order valence-electron chi connectivity index (χ1n) is 14.0. The van der Waals surface area contributed by atoms with Crippen LogP contribution in [-0.2, 0) is 19.5 Å². The van der Waals surface area contributed by atoms with E-state index in [1.165, 1.54) is 86.7 Å². The summed E-state index contributed by atoms with van der Waals surface area (Å²) in [6, 6.07) is 10.9. The number of hydrogen-bond donors (Lipinski definition) is 0. The van der Waals surface area contributed by atoms with Crippen LogP contribution in [0.5, 0.6) is 0 Å². The molecule has 0 N–H and O–H groups in total. The topological polar surface area (TPSA) is 6.48 Å². The van der Waals surface area contributed by atoms with E-state index in [1.807, 2.05) is 0 Å². The third-order valence-electron chi connectivity index (χ3n) is 8.94. The standard InChI is InChI=1S/C30H43Cl2N2P.Ru/c1-33-20-21-34(2)29(33)28-26(22-23-12-6-3-7-13-23)30(32,19-18-27(28)31)35(24-14-8-4-9-15-24)25-16-10-5-11-17-25;/h3,6-7,12-13,22,24-25,27H,4-5,8-11,14-21H2,1-2H3;. The first kappa shape index (κ1) is 28.9. The van der Waals surface area contributed by atoms with E-state index in [1.54, 1.807) is 0 Å². The predicted molar refractivity (Wildman–Crippen MR) is 155 cm³/mol. The van der Waals surface area contributed by atoms with Gasteiger partial charge >= 0.3 is 0 Å². The van der Waals surface area contributed by atoms with Crippen molar-refractivity contribution in [2.45, 2.75) is 98.4 Å². The van der Waals surface area contributed by atoms with E-state index < -0.39 is 0 Å². The van der Waals surface area contributed by atoms with Gasteiger partial charge in [0.05, 0.1) is 9.99 Å². The molecule has 6 heteroatoms. The summed E-state index contributed by atoms with van der Waals surface area (Å²) < 4.78 is -0.285. The Bertz CT molecular complexity index is 896. The van der Waals surface area contributed by atoms with Crippen LogP contribution < -0.4 is 0 Å². The van der Waals surface area contributed by atoms with Crippen LogP contribution in [0.3, 0.4) is 0 Å². The SMILES string of the molecule is CN1CCN(C)C1=C1C(=Cc2ccccc2)C(Cl)(P(C2CCCCC2)C2CCCCC2)CCC1Cl.[Ru]. The van der Waals surface area contributed by atoms with Crippen LogP contribution in [0.4, 0.5) is 0 Å². The van der Waals surface area contributed by atoms with Crippen molar-refractivity contribution in [2.75, 3.05) is 27.2 Å². The first-order chi connectivity index (χ1) is 17.0. The van der Waals surface area contributed by atoms with Crippen molar-refractivity contribution in [2.24, 2.45) is 0 Å². The summed E-state index contributed by atoms with van der Waals surface area (Å²) in [6.45, 7) is 2.10. The minimum absolute atomic E-state index is 0. The molecule has 2 nitrogen and oxygen atoms in total. The van der Waals surface area contributed by atoms with Gasteiger partial charge in [0.15, 0.2) is 0 Å². The zero-order valence-corrected chi connectivity index (χ0v) is 26.2. The molecular formula is C30H43Cl2N2PRu. The van der Waals surface area contributed by atoms with E-state index in [9.17, 15) is 0 Å². The van der Waals surface area contributed by atoms with Crippen molar-refractivity contribution in [1.29, 1.82) is 0 Å². The summed E-state index contributed by atoms with van der Waals surface area (Å²) in [4.78, 5) is 4.82. The van der Waals surface area contributed by atoms with Crippen LogP contribution in [0.25, 0.3) is 6.08 Å². The van der Waals surface area contributed by atoms with Crippen molar-refractivity contribution >= 4 is 37.2 Å². The van der Waals surface area contributed by atoms with Crippen molar-refractivity contribution in [3.8, 4) is 0 Å². The maximum Gasteiger partial charge on any atom is 0.109 e. The van der Waals surface area contributed by atoms with Crippen LogP contribution in [0.1, 0.15) is 82.6 Å². The smallest absolute Gasteiger partial charge is 0.109 e. The molecule has 1 aliphatic heterocycles. The fourth-order valence-corrected chi connectivity index (χ4v) is 13.1. The van der Waals surface area contributed by atoms with Gasteiger partial charge in [-0.2, -0.15) is 0 Å². The van der Waals surface area contributed by atoms with E-state index in [0.29, 0.717) is 0 Å².